The number of halogens is 1. The lowest BCUT2D eigenvalue weighted by Crippen LogP contribution is -2.32. The normalized spacial score (nSPS) is 17.3. The summed E-state index contributed by atoms with van der Waals surface area (Å²) in [5.74, 6) is -1.03. The number of carbonyl (C=O) groups is 1. The molecule has 0 bridgehead atoms. The number of esters is 1. The number of pyridine rings is 2. The smallest absolute Gasteiger partial charge is 0.340 e. The molecule has 0 amide bonds. The SMILES string of the molecule is CC.CN.Cc1c(F)cc2nc3c(c4c2c1CCCC4)Cn1c-3cc2c(c1=O)COC(=O)C2O. The van der Waals surface area contributed by atoms with Gasteiger partial charge >= 0.3 is 5.97 Å². The lowest BCUT2D eigenvalue weighted by atomic mass is 9.93. The van der Waals surface area contributed by atoms with Crippen molar-refractivity contribution in [1.82, 2.24) is 9.55 Å². The maximum Gasteiger partial charge on any atom is 0.340 e. The van der Waals surface area contributed by atoms with E-state index in [0.29, 0.717) is 34.6 Å². The Morgan fingerprint density at radius 2 is 1.76 bits per heavy atom. The number of nitrogens with zero attached hydrogens (tertiary/aromatic N) is 2. The van der Waals surface area contributed by atoms with E-state index in [1.807, 2.05) is 20.8 Å². The van der Waals surface area contributed by atoms with Gasteiger partial charge in [0.15, 0.2) is 6.10 Å². The number of ether oxygens (including phenoxy) is 1. The molecule has 180 valence electrons. The summed E-state index contributed by atoms with van der Waals surface area (Å²) in [5.41, 5.74) is 10.4. The van der Waals surface area contributed by atoms with Crippen LogP contribution in [0.25, 0.3) is 22.3 Å². The van der Waals surface area contributed by atoms with Crippen LogP contribution in [0.2, 0.25) is 0 Å². The average Bonchev–Trinajstić information content (AvgIpc) is 3.07. The monoisotopic (exact) mass is 467 g/mol. The van der Waals surface area contributed by atoms with Gasteiger partial charge in [0.2, 0.25) is 0 Å². The Labute approximate surface area is 197 Å². The van der Waals surface area contributed by atoms with E-state index in [9.17, 15) is 19.1 Å². The van der Waals surface area contributed by atoms with Gasteiger partial charge in [-0.3, -0.25) is 4.79 Å². The molecule has 8 heteroatoms. The molecule has 0 fully saturated rings. The van der Waals surface area contributed by atoms with Crippen LogP contribution in [0.5, 0.6) is 0 Å². The first-order valence-corrected chi connectivity index (χ1v) is 11.8. The van der Waals surface area contributed by atoms with Crippen molar-refractivity contribution in [3.8, 4) is 11.4 Å². The molecule has 3 aromatic rings. The van der Waals surface area contributed by atoms with E-state index < -0.39 is 12.1 Å². The van der Waals surface area contributed by atoms with Gasteiger partial charge in [0.25, 0.3) is 5.56 Å². The first-order chi connectivity index (χ1) is 16.5. The number of aliphatic hydroxyl groups excluding tert-OH is 1. The van der Waals surface area contributed by atoms with Crippen LogP contribution < -0.4 is 11.3 Å². The van der Waals surface area contributed by atoms with E-state index in [1.54, 1.807) is 10.6 Å². The number of cyclic esters (lactones) is 1. The zero-order valence-corrected chi connectivity index (χ0v) is 20.0. The zero-order valence-electron chi connectivity index (χ0n) is 20.0. The Balaban J connectivity index is 0.000000652. The fourth-order valence-electron chi connectivity index (χ4n) is 5.23. The standard InChI is InChI=1S/C23H19FN2O4.C2H6.CH5N/c1-10-11-4-2-3-5-12-14-8-26-18(20(14)25-17(19(11)12)7-16(10)24)6-13-15(22(26)28)9-30-23(29)21(13)27;2*1-2/h6-7,21,27H,2-5,8-9H2,1H3;1-2H3;2H2,1H3. The third kappa shape index (κ3) is 3.44. The molecule has 3 aliphatic rings. The van der Waals surface area contributed by atoms with Gasteiger partial charge in [-0.25, -0.2) is 14.2 Å². The molecule has 0 saturated carbocycles. The van der Waals surface area contributed by atoms with Gasteiger partial charge in [0.1, 0.15) is 12.4 Å². The number of rotatable bonds is 0. The first kappa shape index (κ1) is 24.0. The molecule has 0 saturated heterocycles. The van der Waals surface area contributed by atoms with Gasteiger partial charge in [0.05, 0.1) is 29.0 Å². The van der Waals surface area contributed by atoms with Crippen LogP contribution in [0, 0.1) is 12.7 Å². The zero-order chi connectivity index (χ0) is 24.7. The number of aliphatic hydroxyl groups is 1. The lowest BCUT2D eigenvalue weighted by molar-refractivity contribution is -0.157. The number of aromatic nitrogens is 2. The molecule has 3 N–H and O–H groups in total. The minimum absolute atomic E-state index is 0.141. The molecule has 6 rings (SSSR count). The first-order valence-electron chi connectivity index (χ1n) is 11.8. The Bertz CT molecular complexity index is 1360. The molecule has 1 unspecified atom stereocenters. The van der Waals surface area contributed by atoms with E-state index in [2.05, 4.69) is 5.73 Å². The number of aryl methyl sites for hydroxylation is 2. The highest BCUT2D eigenvalue weighted by molar-refractivity contribution is 5.92. The maximum atomic E-state index is 14.6. The largest absolute Gasteiger partial charge is 0.458 e. The summed E-state index contributed by atoms with van der Waals surface area (Å²) in [6.07, 6.45) is 2.16. The van der Waals surface area contributed by atoms with Gasteiger partial charge in [-0.2, -0.15) is 0 Å². The summed E-state index contributed by atoms with van der Waals surface area (Å²) in [7, 11) is 1.50. The third-order valence-corrected chi connectivity index (χ3v) is 6.79. The predicted octanol–water partition coefficient (Wildman–Crippen LogP) is 3.44. The molecule has 2 aliphatic heterocycles. The summed E-state index contributed by atoms with van der Waals surface area (Å²) in [4.78, 5) is 29.7. The summed E-state index contributed by atoms with van der Waals surface area (Å²) >= 11 is 0. The Morgan fingerprint density at radius 1 is 1.09 bits per heavy atom. The number of hydrogen-bond acceptors (Lipinski definition) is 6. The molecule has 0 spiro atoms. The quantitative estimate of drug-likeness (QED) is 0.384. The van der Waals surface area contributed by atoms with E-state index in [4.69, 9.17) is 9.72 Å². The number of carbonyl (C=O) groups excluding carboxylic acids is 1. The van der Waals surface area contributed by atoms with Gasteiger partial charge in [-0.05, 0) is 62.4 Å². The number of benzene rings is 1. The van der Waals surface area contributed by atoms with Crippen molar-refractivity contribution in [1.29, 1.82) is 0 Å². The van der Waals surface area contributed by atoms with Crippen LogP contribution >= 0.6 is 0 Å². The second kappa shape index (κ2) is 9.27. The molecule has 7 nitrogen and oxygen atoms in total. The van der Waals surface area contributed by atoms with Gasteiger partial charge in [-0.15, -0.1) is 0 Å². The van der Waals surface area contributed by atoms with Crippen molar-refractivity contribution < 1.29 is 19.0 Å². The van der Waals surface area contributed by atoms with Crippen LogP contribution in [-0.4, -0.2) is 27.7 Å². The van der Waals surface area contributed by atoms with Crippen LogP contribution in [0.1, 0.15) is 66.2 Å². The predicted molar refractivity (Wildman–Crippen MR) is 128 cm³/mol. The minimum atomic E-state index is -1.48. The highest BCUT2D eigenvalue weighted by Crippen LogP contribution is 2.41. The summed E-state index contributed by atoms with van der Waals surface area (Å²) in [5, 5.41) is 11.3. The number of hydrogen-bond donors (Lipinski definition) is 2. The van der Waals surface area contributed by atoms with Crippen molar-refractivity contribution in [3.05, 3.63) is 61.7 Å². The van der Waals surface area contributed by atoms with Crippen LogP contribution in [0.3, 0.4) is 0 Å². The fraction of sp³-hybridized carbons (Fsp3) is 0.423. The Kier molecular flexibility index (Phi) is 6.55. The third-order valence-electron chi connectivity index (χ3n) is 6.79. The van der Waals surface area contributed by atoms with E-state index in [1.165, 1.54) is 13.1 Å². The lowest BCUT2D eigenvalue weighted by Gasteiger charge is -2.21. The van der Waals surface area contributed by atoms with E-state index in [-0.39, 0.29) is 23.5 Å². The molecule has 1 aliphatic carbocycles. The van der Waals surface area contributed by atoms with Crippen molar-refractivity contribution in [3.63, 3.8) is 0 Å². The van der Waals surface area contributed by atoms with E-state index in [0.717, 1.165) is 47.8 Å². The molecular formula is C26H30FN3O4. The average molecular weight is 468 g/mol. The number of fused-ring (bicyclic) bond motifs is 5. The molecule has 4 heterocycles. The summed E-state index contributed by atoms with van der Waals surface area (Å²) in [6, 6.07) is 3.15. The fourth-order valence-corrected chi connectivity index (χ4v) is 5.23. The molecule has 0 radical (unpaired) electrons. The molecule has 1 aromatic carbocycles. The van der Waals surface area contributed by atoms with Gasteiger partial charge < -0.3 is 20.1 Å². The molecular weight excluding hydrogens is 437 g/mol. The second-order valence-electron chi connectivity index (χ2n) is 8.35. The van der Waals surface area contributed by atoms with Crippen LogP contribution in [0.15, 0.2) is 16.9 Å². The Hall–Kier alpha value is -3.10. The highest BCUT2D eigenvalue weighted by atomic mass is 19.1. The van der Waals surface area contributed by atoms with E-state index >= 15 is 0 Å². The minimum Gasteiger partial charge on any atom is -0.458 e. The topological polar surface area (TPSA) is 107 Å². The van der Waals surface area contributed by atoms with Crippen molar-refractivity contribution in [2.45, 2.75) is 65.7 Å². The molecule has 34 heavy (non-hydrogen) atoms. The summed E-state index contributed by atoms with van der Waals surface area (Å²) < 4.78 is 21.2. The molecule has 2 aromatic heterocycles. The van der Waals surface area contributed by atoms with Crippen LogP contribution in [-0.2, 0) is 35.5 Å². The second-order valence-corrected chi connectivity index (χ2v) is 8.35. The summed E-state index contributed by atoms with van der Waals surface area (Å²) in [6.45, 7) is 6.06. The van der Waals surface area contributed by atoms with Gasteiger partial charge in [-0.1, -0.05) is 13.8 Å². The van der Waals surface area contributed by atoms with Crippen LogP contribution in [0.4, 0.5) is 4.39 Å². The maximum absolute atomic E-state index is 14.6. The van der Waals surface area contributed by atoms with Crippen molar-refractivity contribution in [2.75, 3.05) is 7.05 Å². The highest BCUT2D eigenvalue weighted by Gasteiger charge is 2.35. The number of nitrogens with two attached hydrogens (primary N) is 1. The Morgan fingerprint density at radius 3 is 2.47 bits per heavy atom. The van der Waals surface area contributed by atoms with Crippen molar-refractivity contribution >= 4 is 16.9 Å². The van der Waals surface area contributed by atoms with Gasteiger partial charge in [0, 0.05) is 22.6 Å². The van der Waals surface area contributed by atoms with Crippen molar-refractivity contribution in [2.24, 2.45) is 5.73 Å². The molecule has 1 atom stereocenters.